The smallest absolute Gasteiger partial charge is 0.334 e. The van der Waals surface area contributed by atoms with Gasteiger partial charge < -0.3 is 10.4 Å². The van der Waals surface area contributed by atoms with Crippen molar-refractivity contribution in [2.45, 2.75) is 13.3 Å². The minimum Gasteiger partial charge on any atom is -0.478 e. The van der Waals surface area contributed by atoms with E-state index in [0.717, 1.165) is 11.5 Å². The summed E-state index contributed by atoms with van der Waals surface area (Å²) in [6.07, 6.45) is -0.0952. The Balaban J connectivity index is 2.51. The molecule has 2 rings (SSSR count). The highest BCUT2D eigenvalue weighted by atomic mass is 32.1. The molecule has 0 unspecified atom stereocenters. The van der Waals surface area contributed by atoms with Crippen molar-refractivity contribution in [2.24, 2.45) is 0 Å². The van der Waals surface area contributed by atoms with Crippen LogP contribution in [0.25, 0.3) is 5.70 Å². The Bertz CT molecular complexity index is 477. The van der Waals surface area contributed by atoms with Gasteiger partial charge in [-0.15, -0.1) is 5.10 Å². The molecule has 0 spiro atoms. The highest BCUT2D eigenvalue weighted by Crippen LogP contribution is 2.27. The van der Waals surface area contributed by atoms with Crippen molar-refractivity contribution in [2.75, 3.05) is 0 Å². The Morgan fingerprint density at radius 3 is 2.87 bits per heavy atom. The van der Waals surface area contributed by atoms with Gasteiger partial charge in [0.05, 0.1) is 28.3 Å². The fourth-order valence-corrected chi connectivity index (χ4v) is 2.03. The molecule has 1 aliphatic rings. The van der Waals surface area contributed by atoms with E-state index in [1.807, 2.05) is 0 Å². The Hall–Kier alpha value is -1.76. The van der Waals surface area contributed by atoms with Gasteiger partial charge >= 0.3 is 5.97 Å². The third kappa shape index (κ3) is 1.61. The fourth-order valence-electron chi connectivity index (χ4n) is 1.34. The number of rotatable bonds is 2. The van der Waals surface area contributed by atoms with E-state index in [1.54, 1.807) is 6.92 Å². The van der Waals surface area contributed by atoms with Crippen molar-refractivity contribution >= 4 is 29.1 Å². The molecular weight excluding hydrogens is 218 g/mol. The van der Waals surface area contributed by atoms with Gasteiger partial charge in [-0.2, -0.15) is 0 Å². The second-order valence-electron chi connectivity index (χ2n) is 3.07. The van der Waals surface area contributed by atoms with Crippen LogP contribution in [-0.4, -0.2) is 26.6 Å². The number of carbonyl (C=O) groups excluding carboxylic acids is 1. The molecule has 2 N–H and O–H groups in total. The largest absolute Gasteiger partial charge is 0.478 e. The second kappa shape index (κ2) is 3.43. The normalized spacial score (nSPS) is 15.7. The first-order chi connectivity index (χ1) is 7.09. The predicted octanol–water partition coefficient (Wildman–Crippen LogP) is 0.162. The van der Waals surface area contributed by atoms with Crippen LogP contribution in [0.2, 0.25) is 0 Å². The van der Waals surface area contributed by atoms with E-state index >= 15 is 0 Å². The molecule has 0 radical (unpaired) electrons. The first-order valence-corrected chi connectivity index (χ1v) is 4.92. The maximum atomic E-state index is 11.1. The van der Waals surface area contributed by atoms with Gasteiger partial charge in [0.1, 0.15) is 0 Å². The zero-order valence-corrected chi connectivity index (χ0v) is 8.59. The Morgan fingerprint density at radius 1 is 1.60 bits per heavy atom. The Labute approximate surface area is 88.8 Å². The number of nitrogens with one attached hydrogen (secondary N) is 1. The average Bonchev–Trinajstić information content (AvgIpc) is 2.71. The first kappa shape index (κ1) is 9.78. The molecular formula is C8H7N3O3S. The maximum absolute atomic E-state index is 11.1. The molecule has 2 heterocycles. The zero-order chi connectivity index (χ0) is 11.0. The summed E-state index contributed by atoms with van der Waals surface area (Å²) in [4.78, 5) is 22.6. The number of carbonyl (C=O) groups is 2. The van der Waals surface area contributed by atoms with Gasteiger partial charge in [0.25, 0.3) is 0 Å². The average molecular weight is 225 g/mol. The predicted molar refractivity (Wildman–Crippen MR) is 52.0 cm³/mol. The molecule has 0 aromatic carbocycles. The first-order valence-electron chi connectivity index (χ1n) is 4.15. The SMILES string of the molecule is Cc1nnsc1C1=C(C(=O)O)CC(=O)N1. The fraction of sp³-hybridized carbons (Fsp3) is 0.250. The van der Waals surface area contributed by atoms with Crippen LogP contribution in [0.1, 0.15) is 17.0 Å². The summed E-state index contributed by atoms with van der Waals surface area (Å²) in [6.45, 7) is 1.72. The summed E-state index contributed by atoms with van der Waals surface area (Å²) in [5, 5.41) is 15.2. The van der Waals surface area contributed by atoms with Crippen LogP contribution in [0.5, 0.6) is 0 Å². The van der Waals surface area contributed by atoms with Crippen molar-refractivity contribution in [3.63, 3.8) is 0 Å². The summed E-state index contributed by atoms with van der Waals surface area (Å²) < 4.78 is 3.70. The summed E-state index contributed by atoms with van der Waals surface area (Å²) >= 11 is 1.07. The van der Waals surface area contributed by atoms with Crippen molar-refractivity contribution < 1.29 is 14.7 Å². The molecule has 1 aliphatic heterocycles. The molecule has 78 valence electrons. The van der Waals surface area contributed by atoms with Gasteiger partial charge in [-0.3, -0.25) is 4.79 Å². The zero-order valence-electron chi connectivity index (χ0n) is 7.77. The van der Waals surface area contributed by atoms with Crippen LogP contribution in [0.3, 0.4) is 0 Å². The number of carboxylic acid groups (broad SMARTS) is 1. The number of hydrogen-bond donors (Lipinski definition) is 2. The van der Waals surface area contributed by atoms with Crippen molar-refractivity contribution in [3.05, 3.63) is 16.1 Å². The lowest BCUT2D eigenvalue weighted by Crippen LogP contribution is -2.13. The van der Waals surface area contributed by atoms with Crippen LogP contribution < -0.4 is 5.32 Å². The van der Waals surface area contributed by atoms with Crippen LogP contribution in [0, 0.1) is 6.92 Å². The lowest BCUT2D eigenvalue weighted by Gasteiger charge is -2.00. The lowest BCUT2D eigenvalue weighted by molar-refractivity contribution is -0.133. The number of carboxylic acids is 1. The topological polar surface area (TPSA) is 92.2 Å². The van der Waals surface area contributed by atoms with E-state index in [9.17, 15) is 9.59 Å². The van der Waals surface area contributed by atoms with Crippen LogP contribution in [0.4, 0.5) is 0 Å². The Kier molecular flexibility index (Phi) is 2.24. The molecule has 0 saturated heterocycles. The van der Waals surface area contributed by atoms with Gasteiger partial charge in [-0.25, -0.2) is 4.79 Å². The van der Waals surface area contributed by atoms with E-state index < -0.39 is 5.97 Å². The molecule has 1 aromatic rings. The van der Waals surface area contributed by atoms with E-state index in [1.165, 1.54) is 0 Å². The van der Waals surface area contributed by atoms with Gasteiger partial charge in [-0.1, -0.05) is 4.49 Å². The van der Waals surface area contributed by atoms with Crippen molar-refractivity contribution in [1.29, 1.82) is 0 Å². The standard InChI is InChI=1S/C8H7N3O3S/c1-3-7(15-11-10-3)6-4(8(13)14)2-5(12)9-6/h2H2,1H3,(H,9,12)(H,13,14). The minimum absolute atomic E-state index is 0.0779. The second-order valence-corrected chi connectivity index (χ2v) is 3.83. The molecule has 1 aromatic heterocycles. The van der Waals surface area contributed by atoms with Crippen LogP contribution in [0.15, 0.2) is 5.57 Å². The highest BCUT2D eigenvalue weighted by Gasteiger charge is 2.29. The molecule has 0 aliphatic carbocycles. The number of hydrogen-bond acceptors (Lipinski definition) is 5. The number of aryl methyl sites for hydroxylation is 1. The van der Waals surface area contributed by atoms with Gasteiger partial charge in [-0.05, 0) is 18.5 Å². The summed E-state index contributed by atoms with van der Waals surface area (Å²) in [5.41, 5.74) is 1.03. The number of aromatic nitrogens is 2. The molecule has 0 fully saturated rings. The monoisotopic (exact) mass is 225 g/mol. The quantitative estimate of drug-likeness (QED) is 0.748. The third-order valence-electron chi connectivity index (χ3n) is 2.04. The van der Waals surface area contributed by atoms with Gasteiger partial charge in [0, 0.05) is 0 Å². The maximum Gasteiger partial charge on any atom is 0.334 e. The summed E-state index contributed by atoms with van der Waals surface area (Å²) in [7, 11) is 0. The molecule has 6 nitrogen and oxygen atoms in total. The molecule has 0 bridgehead atoms. The van der Waals surface area contributed by atoms with Crippen molar-refractivity contribution in [1.82, 2.24) is 14.9 Å². The molecule has 1 amide bonds. The Morgan fingerprint density at radius 2 is 2.33 bits per heavy atom. The van der Waals surface area contributed by atoms with E-state index in [2.05, 4.69) is 14.9 Å². The third-order valence-corrected chi connectivity index (χ3v) is 2.89. The van der Waals surface area contributed by atoms with E-state index in [0.29, 0.717) is 16.3 Å². The van der Waals surface area contributed by atoms with Crippen LogP contribution >= 0.6 is 11.5 Å². The summed E-state index contributed by atoms with van der Waals surface area (Å²) in [5.74, 6) is -1.40. The van der Waals surface area contributed by atoms with Crippen molar-refractivity contribution in [3.8, 4) is 0 Å². The summed E-state index contributed by atoms with van der Waals surface area (Å²) in [6, 6.07) is 0. The molecule has 0 saturated carbocycles. The molecule has 0 atom stereocenters. The minimum atomic E-state index is -1.09. The number of amides is 1. The van der Waals surface area contributed by atoms with Gasteiger partial charge in [0.2, 0.25) is 5.91 Å². The van der Waals surface area contributed by atoms with E-state index in [-0.39, 0.29) is 17.9 Å². The van der Waals surface area contributed by atoms with Gasteiger partial charge in [0.15, 0.2) is 0 Å². The lowest BCUT2D eigenvalue weighted by atomic mass is 10.1. The molecule has 15 heavy (non-hydrogen) atoms. The molecule has 7 heteroatoms. The van der Waals surface area contributed by atoms with E-state index in [4.69, 9.17) is 5.11 Å². The highest BCUT2D eigenvalue weighted by molar-refractivity contribution is 7.07. The number of nitrogens with zero attached hydrogens (tertiary/aromatic N) is 2. The van der Waals surface area contributed by atoms with Crippen LogP contribution in [-0.2, 0) is 9.59 Å². The number of aliphatic carboxylic acids is 1.